The Balaban J connectivity index is 1.86. The highest BCUT2D eigenvalue weighted by Gasteiger charge is 2.26. The molecular formula is C23H22N2O7S. The highest BCUT2D eigenvalue weighted by Crippen LogP contribution is 2.26. The number of fused-ring (bicyclic) bond motifs is 1. The number of rotatable bonds is 11. The van der Waals surface area contributed by atoms with E-state index >= 15 is 0 Å². The van der Waals surface area contributed by atoms with Crippen LogP contribution >= 0.6 is 0 Å². The van der Waals surface area contributed by atoms with E-state index in [0.717, 1.165) is 22.4 Å². The maximum Gasteiger partial charge on any atom is 0.305 e. The molecule has 9 nitrogen and oxygen atoms in total. The Hall–Kier alpha value is -3.76. The van der Waals surface area contributed by atoms with Crippen LogP contribution in [0.5, 0.6) is 5.75 Å². The van der Waals surface area contributed by atoms with Crippen molar-refractivity contribution in [1.29, 1.82) is 0 Å². The molecule has 4 N–H and O–H groups in total. The van der Waals surface area contributed by atoms with Crippen molar-refractivity contribution < 1.29 is 32.6 Å². The van der Waals surface area contributed by atoms with E-state index in [1.807, 2.05) is 47.2 Å². The lowest BCUT2D eigenvalue weighted by atomic mass is 10.0. The molecule has 0 bridgehead atoms. The van der Waals surface area contributed by atoms with Crippen LogP contribution in [0.2, 0.25) is 0 Å². The number of nitrogens with two attached hydrogens (primary N) is 1. The molecule has 1 atom stereocenters. The van der Waals surface area contributed by atoms with Crippen LogP contribution in [0, 0.1) is 0 Å². The molecule has 3 aromatic carbocycles. The van der Waals surface area contributed by atoms with Crippen LogP contribution in [-0.2, 0) is 26.0 Å². The fraction of sp³-hybridized carbons (Fsp3) is 0.174. The molecule has 0 aromatic heterocycles. The SMILES string of the molecule is NC(=O)c1ccc(S(=O)(=O)NC(C=O)CC(=O)O)c(OCCc2cccc3ccccc23)c1. The van der Waals surface area contributed by atoms with Gasteiger partial charge in [-0.15, -0.1) is 0 Å². The van der Waals surface area contributed by atoms with E-state index in [4.69, 9.17) is 15.6 Å². The first-order valence-electron chi connectivity index (χ1n) is 9.94. The lowest BCUT2D eigenvalue weighted by Crippen LogP contribution is -2.37. The summed E-state index contributed by atoms with van der Waals surface area (Å²) in [4.78, 5) is 33.3. The van der Waals surface area contributed by atoms with Crippen LogP contribution in [0.1, 0.15) is 22.3 Å². The van der Waals surface area contributed by atoms with Crippen molar-refractivity contribution in [3.63, 3.8) is 0 Å². The molecule has 0 heterocycles. The number of ether oxygens (including phenoxy) is 1. The Morgan fingerprint density at radius 1 is 1.09 bits per heavy atom. The van der Waals surface area contributed by atoms with E-state index in [1.165, 1.54) is 12.1 Å². The summed E-state index contributed by atoms with van der Waals surface area (Å²) in [6.07, 6.45) is -0.0745. The summed E-state index contributed by atoms with van der Waals surface area (Å²) in [6.45, 7) is 0.0883. The summed E-state index contributed by atoms with van der Waals surface area (Å²) in [5.74, 6) is -2.26. The molecule has 3 rings (SSSR count). The summed E-state index contributed by atoms with van der Waals surface area (Å²) in [5, 5.41) is 11.0. The summed E-state index contributed by atoms with van der Waals surface area (Å²) < 4.78 is 33.4. The van der Waals surface area contributed by atoms with Crippen LogP contribution in [0.3, 0.4) is 0 Å². The third kappa shape index (κ3) is 5.93. The van der Waals surface area contributed by atoms with Gasteiger partial charge in [0.2, 0.25) is 15.9 Å². The van der Waals surface area contributed by atoms with E-state index in [2.05, 4.69) is 0 Å². The van der Waals surface area contributed by atoms with Gasteiger partial charge in [-0.2, -0.15) is 0 Å². The number of amides is 1. The molecule has 172 valence electrons. The van der Waals surface area contributed by atoms with Gasteiger partial charge in [-0.25, -0.2) is 13.1 Å². The Morgan fingerprint density at radius 3 is 2.52 bits per heavy atom. The van der Waals surface area contributed by atoms with Crippen molar-refractivity contribution in [2.75, 3.05) is 6.61 Å². The van der Waals surface area contributed by atoms with Crippen molar-refractivity contribution in [2.24, 2.45) is 5.73 Å². The first-order valence-corrected chi connectivity index (χ1v) is 11.4. The minimum absolute atomic E-state index is 0.0339. The number of benzene rings is 3. The van der Waals surface area contributed by atoms with E-state index in [1.54, 1.807) is 0 Å². The summed E-state index contributed by atoms with van der Waals surface area (Å²) in [6, 6.07) is 15.7. The monoisotopic (exact) mass is 470 g/mol. The first-order chi connectivity index (χ1) is 15.7. The Morgan fingerprint density at radius 2 is 1.82 bits per heavy atom. The third-order valence-corrected chi connectivity index (χ3v) is 6.42. The molecule has 0 aliphatic carbocycles. The first kappa shape index (κ1) is 23.9. The highest BCUT2D eigenvalue weighted by atomic mass is 32.2. The fourth-order valence-electron chi connectivity index (χ4n) is 3.35. The predicted octanol–water partition coefficient (Wildman–Crippen LogP) is 1.88. The van der Waals surface area contributed by atoms with Gasteiger partial charge >= 0.3 is 5.97 Å². The second kappa shape index (κ2) is 10.2. The van der Waals surface area contributed by atoms with Gasteiger partial charge in [0.15, 0.2) is 0 Å². The van der Waals surface area contributed by atoms with Gasteiger partial charge in [0.05, 0.1) is 19.1 Å². The molecule has 3 aromatic rings. The van der Waals surface area contributed by atoms with Gasteiger partial charge < -0.3 is 20.4 Å². The van der Waals surface area contributed by atoms with Gasteiger partial charge in [-0.05, 0) is 34.5 Å². The van der Waals surface area contributed by atoms with Gasteiger partial charge in [-0.3, -0.25) is 9.59 Å². The fourth-order valence-corrected chi connectivity index (χ4v) is 4.64. The highest BCUT2D eigenvalue weighted by molar-refractivity contribution is 7.89. The van der Waals surface area contributed by atoms with Gasteiger partial charge in [0.25, 0.3) is 0 Å². The molecular weight excluding hydrogens is 448 g/mol. The third-order valence-electron chi connectivity index (χ3n) is 4.89. The molecule has 33 heavy (non-hydrogen) atoms. The van der Waals surface area contributed by atoms with Crippen molar-refractivity contribution in [1.82, 2.24) is 4.72 Å². The van der Waals surface area contributed by atoms with Crippen LogP contribution in [0.4, 0.5) is 0 Å². The summed E-state index contributed by atoms with van der Waals surface area (Å²) >= 11 is 0. The van der Waals surface area contributed by atoms with Gasteiger partial charge in [-0.1, -0.05) is 42.5 Å². The number of aldehydes is 1. The van der Waals surface area contributed by atoms with E-state index < -0.39 is 34.4 Å². The van der Waals surface area contributed by atoms with Crippen molar-refractivity contribution >= 4 is 39.0 Å². The van der Waals surface area contributed by atoms with E-state index in [0.29, 0.717) is 6.42 Å². The second-order valence-corrected chi connectivity index (χ2v) is 8.91. The smallest absolute Gasteiger partial charge is 0.305 e. The van der Waals surface area contributed by atoms with E-state index in [9.17, 15) is 22.8 Å². The number of nitrogens with one attached hydrogen (secondary N) is 1. The zero-order valence-electron chi connectivity index (χ0n) is 17.4. The zero-order chi connectivity index (χ0) is 24.0. The lowest BCUT2D eigenvalue weighted by molar-refractivity contribution is -0.138. The molecule has 0 aliphatic heterocycles. The summed E-state index contributed by atoms with van der Waals surface area (Å²) in [5.41, 5.74) is 6.33. The standard InChI is InChI=1S/C23H22N2O7S/c24-23(29)17-8-9-21(33(30,31)25-18(14-26)13-22(27)28)20(12-17)32-11-10-16-6-3-5-15-4-1-2-7-19(15)16/h1-9,12,14,18,25H,10-11,13H2,(H2,24,29)(H,27,28). The Bertz CT molecular complexity index is 1300. The van der Waals surface area contributed by atoms with Crippen LogP contribution in [-0.4, -0.2) is 44.3 Å². The maximum atomic E-state index is 12.8. The minimum atomic E-state index is -4.34. The van der Waals surface area contributed by atoms with Crippen molar-refractivity contribution in [2.45, 2.75) is 23.8 Å². The second-order valence-electron chi connectivity index (χ2n) is 7.22. The van der Waals surface area contributed by atoms with Crippen LogP contribution in [0.25, 0.3) is 10.8 Å². The molecule has 0 spiro atoms. The zero-order valence-corrected chi connectivity index (χ0v) is 18.2. The normalized spacial score (nSPS) is 12.2. The largest absolute Gasteiger partial charge is 0.492 e. The molecule has 0 radical (unpaired) electrons. The number of carboxylic acid groups (broad SMARTS) is 1. The van der Waals surface area contributed by atoms with E-state index in [-0.39, 0.29) is 29.1 Å². The molecule has 0 aliphatic rings. The van der Waals surface area contributed by atoms with Gasteiger partial charge in [0.1, 0.15) is 16.9 Å². The van der Waals surface area contributed by atoms with Crippen LogP contribution < -0.4 is 15.2 Å². The topological polar surface area (TPSA) is 153 Å². The number of hydrogen-bond donors (Lipinski definition) is 3. The number of carbonyl (C=O) groups excluding carboxylic acids is 2. The quantitative estimate of drug-likeness (QED) is 0.362. The average molecular weight is 471 g/mol. The Labute approximate surface area is 190 Å². The molecule has 0 saturated carbocycles. The molecule has 10 heteroatoms. The minimum Gasteiger partial charge on any atom is -0.492 e. The Kier molecular flexibility index (Phi) is 7.41. The maximum absolute atomic E-state index is 12.8. The summed E-state index contributed by atoms with van der Waals surface area (Å²) in [7, 11) is -4.34. The number of sulfonamides is 1. The number of aliphatic carboxylic acids is 1. The van der Waals surface area contributed by atoms with Crippen LogP contribution in [0.15, 0.2) is 65.6 Å². The molecule has 0 saturated heterocycles. The lowest BCUT2D eigenvalue weighted by Gasteiger charge is -2.16. The van der Waals surface area contributed by atoms with Crippen molar-refractivity contribution in [3.8, 4) is 5.75 Å². The number of primary amides is 1. The van der Waals surface area contributed by atoms with Gasteiger partial charge in [0, 0.05) is 12.0 Å². The number of carbonyl (C=O) groups is 3. The molecule has 1 unspecified atom stereocenters. The predicted molar refractivity (Wildman–Crippen MR) is 121 cm³/mol. The van der Waals surface area contributed by atoms with Crippen molar-refractivity contribution in [3.05, 3.63) is 71.8 Å². The molecule has 1 amide bonds. The number of carboxylic acids is 1. The molecule has 0 fully saturated rings. The number of hydrogen-bond acceptors (Lipinski definition) is 6. The average Bonchev–Trinajstić information content (AvgIpc) is 2.78.